The summed E-state index contributed by atoms with van der Waals surface area (Å²) in [6.45, 7) is 3.15. The van der Waals surface area contributed by atoms with Crippen LogP contribution in [0.4, 0.5) is 0 Å². The van der Waals surface area contributed by atoms with E-state index in [2.05, 4.69) is 26.8 Å². The molecule has 1 fully saturated rings. The van der Waals surface area contributed by atoms with Crippen LogP contribution in [-0.2, 0) is 11.2 Å². The van der Waals surface area contributed by atoms with Crippen molar-refractivity contribution < 1.29 is 9.84 Å². The van der Waals surface area contributed by atoms with Crippen LogP contribution in [0.25, 0.3) is 5.65 Å². The van der Waals surface area contributed by atoms with Crippen molar-refractivity contribution in [3.8, 4) is 0 Å². The summed E-state index contributed by atoms with van der Waals surface area (Å²) in [6, 6.07) is 5.99. The fraction of sp³-hybridized carbons (Fsp3) is 0.556. The number of hydrogen-bond acceptors (Lipinski definition) is 4. The fourth-order valence-electron chi connectivity index (χ4n) is 3.22. The number of guanidine groups is 1. The molecule has 3 heterocycles. The summed E-state index contributed by atoms with van der Waals surface area (Å²) in [5.41, 5.74) is 2.02. The molecule has 144 valence electrons. The number of imidazole rings is 1. The maximum atomic E-state index is 9.30. The third-order valence-corrected chi connectivity index (χ3v) is 4.77. The largest absolute Gasteiger partial charge is 0.396 e. The molecule has 0 bridgehead atoms. The summed E-state index contributed by atoms with van der Waals surface area (Å²) in [7, 11) is 1.77. The number of aliphatic hydroxyl groups is 1. The Morgan fingerprint density at radius 1 is 1.42 bits per heavy atom. The predicted octanol–water partition coefficient (Wildman–Crippen LogP) is 1.45. The molecule has 2 aromatic heterocycles. The van der Waals surface area contributed by atoms with Gasteiger partial charge in [0, 0.05) is 57.6 Å². The molecule has 2 aromatic rings. The second-order valence-electron chi connectivity index (χ2n) is 6.58. The minimum Gasteiger partial charge on any atom is -0.396 e. The number of hydrogen-bond donors (Lipinski definition) is 3. The lowest BCUT2D eigenvalue weighted by Crippen LogP contribution is -2.45. The number of nitrogens with zero attached hydrogens (tertiary/aromatic N) is 3. The van der Waals surface area contributed by atoms with Gasteiger partial charge in [0.15, 0.2) is 5.96 Å². The van der Waals surface area contributed by atoms with E-state index in [1.54, 1.807) is 7.05 Å². The van der Waals surface area contributed by atoms with Crippen LogP contribution in [0.5, 0.6) is 0 Å². The Morgan fingerprint density at radius 3 is 3.00 bits per heavy atom. The summed E-state index contributed by atoms with van der Waals surface area (Å²) >= 11 is 0. The Balaban J connectivity index is 0.00000243. The van der Waals surface area contributed by atoms with Gasteiger partial charge in [0.25, 0.3) is 0 Å². The maximum Gasteiger partial charge on any atom is 0.191 e. The first-order valence-electron chi connectivity index (χ1n) is 8.80. The topological polar surface area (TPSA) is 83.2 Å². The summed E-state index contributed by atoms with van der Waals surface area (Å²) in [5.74, 6) is 0.771. The first-order chi connectivity index (χ1) is 12.2. The van der Waals surface area contributed by atoms with Crippen molar-refractivity contribution >= 4 is 35.6 Å². The Hall–Kier alpha value is -1.39. The zero-order valence-electron chi connectivity index (χ0n) is 15.1. The molecular weight excluding hydrogens is 445 g/mol. The Bertz CT molecular complexity index is 679. The van der Waals surface area contributed by atoms with Crippen molar-refractivity contribution in [2.75, 3.05) is 40.0 Å². The number of rotatable bonds is 7. The molecule has 8 heteroatoms. The molecule has 1 aliphatic rings. The van der Waals surface area contributed by atoms with Crippen LogP contribution in [0, 0.1) is 5.41 Å². The first-order valence-corrected chi connectivity index (χ1v) is 8.80. The van der Waals surface area contributed by atoms with Crippen LogP contribution in [0.3, 0.4) is 0 Å². The van der Waals surface area contributed by atoms with E-state index in [-0.39, 0.29) is 36.0 Å². The van der Waals surface area contributed by atoms with Gasteiger partial charge in [0.05, 0.1) is 12.3 Å². The van der Waals surface area contributed by atoms with Gasteiger partial charge in [0.1, 0.15) is 5.65 Å². The number of ether oxygens (including phenoxy) is 1. The average molecular weight is 473 g/mol. The molecule has 3 N–H and O–H groups in total. The van der Waals surface area contributed by atoms with E-state index in [4.69, 9.17) is 4.74 Å². The molecule has 1 unspecified atom stereocenters. The Labute approximate surface area is 171 Å². The van der Waals surface area contributed by atoms with Gasteiger partial charge in [-0.05, 0) is 25.0 Å². The van der Waals surface area contributed by atoms with Gasteiger partial charge in [-0.2, -0.15) is 0 Å². The highest BCUT2D eigenvalue weighted by molar-refractivity contribution is 14.0. The Kier molecular flexibility index (Phi) is 8.11. The molecule has 0 spiro atoms. The number of aromatic nitrogens is 2. The van der Waals surface area contributed by atoms with E-state index < -0.39 is 0 Å². The molecule has 1 aliphatic heterocycles. The van der Waals surface area contributed by atoms with E-state index in [1.165, 1.54) is 0 Å². The lowest BCUT2D eigenvalue weighted by Gasteiger charge is -2.27. The molecule has 7 nitrogen and oxygen atoms in total. The predicted molar refractivity (Wildman–Crippen MR) is 113 cm³/mol. The van der Waals surface area contributed by atoms with Crippen molar-refractivity contribution in [3.05, 3.63) is 36.3 Å². The number of fused-ring (bicyclic) bond motifs is 1. The van der Waals surface area contributed by atoms with Gasteiger partial charge in [-0.15, -0.1) is 24.0 Å². The van der Waals surface area contributed by atoms with Crippen LogP contribution in [0.15, 0.2) is 35.6 Å². The molecule has 3 rings (SSSR count). The molecule has 1 atom stereocenters. The summed E-state index contributed by atoms with van der Waals surface area (Å²) in [6.07, 6.45) is 6.60. The summed E-state index contributed by atoms with van der Waals surface area (Å²) < 4.78 is 7.55. The monoisotopic (exact) mass is 473 g/mol. The molecule has 0 aliphatic carbocycles. The molecule has 0 saturated carbocycles. The van der Waals surface area contributed by atoms with Crippen molar-refractivity contribution in [2.24, 2.45) is 10.4 Å². The quantitative estimate of drug-likeness (QED) is 0.322. The smallest absolute Gasteiger partial charge is 0.191 e. The van der Waals surface area contributed by atoms with E-state index in [0.717, 1.165) is 56.3 Å². The van der Waals surface area contributed by atoms with Gasteiger partial charge >= 0.3 is 0 Å². The number of aliphatic imine (C=N–C) groups is 1. The van der Waals surface area contributed by atoms with E-state index in [0.29, 0.717) is 6.61 Å². The zero-order valence-corrected chi connectivity index (χ0v) is 17.5. The maximum absolute atomic E-state index is 9.30. The van der Waals surface area contributed by atoms with Crippen LogP contribution in [-0.4, -0.2) is 60.4 Å². The molecule has 0 amide bonds. The standard InChI is InChI=1S/C18H27N5O2.HI/c1-19-17(21-13-18(6-10-24)7-11-25-14-18)20-8-5-15-12-23-9-3-2-4-16(23)22-15;/h2-4,9,12,24H,5-8,10-11,13-14H2,1H3,(H2,19,20,21);1H. The van der Waals surface area contributed by atoms with Crippen molar-refractivity contribution in [2.45, 2.75) is 19.3 Å². The van der Waals surface area contributed by atoms with E-state index in [1.807, 2.05) is 28.8 Å². The SMILES string of the molecule is CN=C(NCCc1cn2ccccc2n1)NCC1(CCO)CCOC1.I. The van der Waals surface area contributed by atoms with Crippen LogP contribution in [0.1, 0.15) is 18.5 Å². The lowest BCUT2D eigenvalue weighted by molar-refractivity contribution is 0.127. The van der Waals surface area contributed by atoms with Gasteiger partial charge in [0.2, 0.25) is 0 Å². The van der Waals surface area contributed by atoms with Gasteiger partial charge in [-0.1, -0.05) is 6.07 Å². The van der Waals surface area contributed by atoms with Crippen LogP contribution >= 0.6 is 24.0 Å². The van der Waals surface area contributed by atoms with Crippen LogP contribution < -0.4 is 10.6 Å². The fourth-order valence-corrected chi connectivity index (χ4v) is 3.22. The normalized spacial score (nSPS) is 20.2. The molecule has 0 aromatic carbocycles. The third-order valence-electron chi connectivity index (χ3n) is 4.77. The van der Waals surface area contributed by atoms with Crippen molar-refractivity contribution in [1.29, 1.82) is 0 Å². The number of aliphatic hydroxyl groups excluding tert-OH is 1. The van der Waals surface area contributed by atoms with Crippen molar-refractivity contribution in [3.63, 3.8) is 0 Å². The van der Waals surface area contributed by atoms with Crippen molar-refractivity contribution in [1.82, 2.24) is 20.0 Å². The molecular formula is C18H28IN5O2. The van der Waals surface area contributed by atoms with E-state index >= 15 is 0 Å². The number of pyridine rings is 1. The lowest BCUT2D eigenvalue weighted by atomic mass is 9.84. The van der Waals surface area contributed by atoms with Gasteiger partial charge in [-0.3, -0.25) is 4.99 Å². The zero-order chi connectivity index (χ0) is 17.5. The first kappa shape index (κ1) is 20.9. The molecule has 0 radical (unpaired) electrons. The van der Waals surface area contributed by atoms with Gasteiger partial charge < -0.3 is 24.9 Å². The summed E-state index contributed by atoms with van der Waals surface area (Å²) in [5, 5.41) is 16.0. The minimum atomic E-state index is 0. The van der Waals surface area contributed by atoms with E-state index in [9.17, 15) is 5.11 Å². The molecule has 26 heavy (non-hydrogen) atoms. The van der Waals surface area contributed by atoms with Crippen LogP contribution in [0.2, 0.25) is 0 Å². The second kappa shape index (κ2) is 10.1. The average Bonchev–Trinajstić information content (AvgIpc) is 3.25. The highest BCUT2D eigenvalue weighted by Gasteiger charge is 2.34. The highest BCUT2D eigenvalue weighted by Crippen LogP contribution is 2.31. The number of nitrogens with one attached hydrogen (secondary N) is 2. The van der Waals surface area contributed by atoms with Gasteiger partial charge in [-0.25, -0.2) is 4.98 Å². The highest BCUT2D eigenvalue weighted by atomic mass is 127. The Morgan fingerprint density at radius 2 is 2.31 bits per heavy atom. The molecule has 1 saturated heterocycles. The summed E-state index contributed by atoms with van der Waals surface area (Å²) in [4.78, 5) is 8.88. The third kappa shape index (κ3) is 5.31. The second-order valence-corrected chi connectivity index (χ2v) is 6.58. The minimum absolute atomic E-state index is 0. The number of halogens is 1.